The first-order valence-electron chi connectivity index (χ1n) is 5.30. The van der Waals surface area contributed by atoms with Crippen molar-refractivity contribution in [2.75, 3.05) is 6.54 Å². The fraction of sp³-hybridized carbons (Fsp3) is 0.583. The molecule has 1 aromatic rings. The summed E-state index contributed by atoms with van der Waals surface area (Å²) in [5, 5.41) is 0. The van der Waals surface area contributed by atoms with E-state index in [-0.39, 0.29) is 11.5 Å². The van der Waals surface area contributed by atoms with Gasteiger partial charge in [0.2, 0.25) is 5.88 Å². The molecule has 0 saturated carbocycles. The van der Waals surface area contributed by atoms with E-state index in [4.69, 9.17) is 10.5 Å². The van der Waals surface area contributed by atoms with Crippen LogP contribution in [0.4, 0.5) is 0 Å². The quantitative estimate of drug-likeness (QED) is 0.824. The van der Waals surface area contributed by atoms with Crippen LogP contribution >= 0.6 is 0 Å². The number of nitrogens with two attached hydrogens (primary N) is 1. The van der Waals surface area contributed by atoms with Crippen molar-refractivity contribution in [2.45, 2.75) is 39.2 Å². The standard InChI is InChI=1S/C12H20N2O/c1-9(2)15-11-7-5-6-10(14-11)12(3,4)8-13/h5-7,9H,8,13H2,1-4H3. The molecular formula is C12H20N2O. The van der Waals surface area contributed by atoms with Crippen molar-refractivity contribution < 1.29 is 4.74 Å². The number of hydrogen-bond donors (Lipinski definition) is 1. The Morgan fingerprint density at radius 2 is 2.07 bits per heavy atom. The van der Waals surface area contributed by atoms with Gasteiger partial charge >= 0.3 is 0 Å². The van der Waals surface area contributed by atoms with E-state index in [9.17, 15) is 0 Å². The topological polar surface area (TPSA) is 48.1 Å². The minimum absolute atomic E-state index is 0.101. The second kappa shape index (κ2) is 4.62. The molecule has 0 radical (unpaired) electrons. The first-order valence-corrected chi connectivity index (χ1v) is 5.30. The van der Waals surface area contributed by atoms with E-state index in [1.807, 2.05) is 32.0 Å². The van der Waals surface area contributed by atoms with Crippen molar-refractivity contribution in [2.24, 2.45) is 5.73 Å². The van der Waals surface area contributed by atoms with Gasteiger partial charge in [-0.3, -0.25) is 0 Å². The Balaban J connectivity index is 2.92. The summed E-state index contributed by atoms with van der Waals surface area (Å²) in [6, 6.07) is 5.81. The third-order valence-corrected chi connectivity index (χ3v) is 2.28. The molecule has 0 spiro atoms. The summed E-state index contributed by atoms with van der Waals surface area (Å²) in [5.41, 5.74) is 6.58. The van der Waals surface area contributed by atoms with Gasteiger partial charge in [-0.2, -0.15) is 0 Å². The number of aromatic nitrogens is 1. The lowest BCUT2D eigenvalue weighted by Crippen LogP contribution is -2.29. The van der Waals surface area contributed by atoms with Crippen LogP contribution < -0.4 is 10.5 Å². The van der Waals surface area contributed by atoms with Crippen LogP contribution in [0.1, 0.15) is 33.4 Å². The summed E-state index contributed by atoms with van der Waals surface area (Å²) in [4.78, 5) is 4.45. The van der Waals surface area contributed by atoms with Gasteiger partial charge in [-0.05, 0) is 19.9 Å². The first kappa shape index (κ1) is 12.0. The Morgan fingerprint density at radius 1 is 1.40 bits per heavy atom. The average Bonchev–Trinajstić information content (AvgIpc) is 2.17. The van der Waals surface area contributed by atoms with Crippen LogP contribution in [0.15, 0.2) is 18.2 Å². The number of ether oxygens (including phenoxy) is 1. The maximum absolute atomic E-state index is 5.71. The molecule has 2 N–H and O–H groups in total. The van der Waals surface area contributed by atoms with Crippen molar-refractivity contribution in [3.05, 3.63) is 23.9 Å². The Labute approximate surface area is 91.7 Å². The van der Waals surface area contributed by atoms with Gasteiger partial charge in [-0.25, -0.2) is 4.98 Å². The lowest BCUT2D eigenvalue weighted by atomic mass is 9.89. The normalized spacial score (nSPS) is 11.9. The molecule has 0 aliphatic carbocycles. The molecule has 3 heteroatoms. The first-order chi connectivity index (χ1) is 6.95. The van der Waals surface area contributed by atoms with Crippen molar-refractivity contribution >= 4 is 0 Å². The highest BCUT2D eigenvalue weighted by Gasteiger charge is 2.20. The fourth-order valence-electron chi connectivity index (χ4n) is 1.20. The molecule has 84 valence electrons. The average molecular weight is 208 g/mol. The Morgan fingerprint density at radius 3 is 2.60 bits per heavy atom. The van der Waals surface area contributed by atoms with Gasteiger partial charge in [-0.15, -0.1) is 0 Å². The molecule has 1 heterocycles. The van der Waals surface area contributed by atoms with E-state index in [1.54, 1.807) is 0 Å². The second-order valence-corrected chi connectivity index (χ2v) is 4.62. The predicted octanol–water partition coefficient (Wildman–Crippen LogP) is 2.11. The number of pyridine rings is 1. The van der Waals surface area contributed by atoms with E-state index in [0.29, 0.717) is 12.4 Å². The fourth-order valence-corrected chi connectivity index (χ4v) is 1.20. The Bertz CT molecular complexity index is 321. The molecule has 0 aliphatic rings. The summed E-state index contributed by atoms with van der Waals surface area (Å²) in [6.45, 7) is 8.71. The van der Waals surface area contributed by atoms with Crippen LogP contribution in [0.5, 0.6) is 5.88 Å². The molecule has 1 aromatic heterocycles. The number of hydrogen-bond acceptors (Lipinski definition) is 3. The SMILES string of the molecule is CC(C)Oc1cccc(C(C)(C)CN)n1. The van der Waals surface area contributed by atoms with Gasteiger partial charge in [0.1, 0.15) is 0 Å². The lowest BCUT2D eigenvalue weighted by Gasteiger charge is -2.22. The minimum atomic E-state index is -0.101. The van der Waals surface area contributed by atoms with Gasteiger partial charge in [0.25, 0.3) is 0 Å². The molecule has 0 amide bonds. The minimum Gasteiger partial charge on any atom is -0.475 e. The zero-order valence-electron chi connectivity index (χ0n) is 9.95. The van der Waals surface area contributed by atoms with Crippen LogP contribution in [-0.4, -0.2) is 17.6 Å². The maximum Gasteiger partial charge on any atom is 0.213 e. The third kappa shape index (κ3) is 3.20. The summed E-state index contributed by atoms with van der Waals surface area (Å²) >= 11 is 0. The van der Waals surface area contributed by atoms with E-state index >= 15 is 0 Å². The van der Waals surface area contributed by atoms with E-state index in [1.165, 1.54) is 0 Å². The third-order valence-electron chi connectivity index (χ3n) is 2.28. The van der Waals surface area contributed by atoms with Crippen LogP contribution in [0.2, 0.25) is 0 Å². The smallest absolute Gasteiger partial charge is 0.213 e. The Kier molecular flexibility index (Phi) is 3.69. The molecule has 0 unspecified atom stereocenters. The van der Waals surface area contributed by atoms with Crippen molar-refractivity contribution in [1.82, 2.24) is 4.98 Å². The predicted molar refractivity (Wildman–Crippen MR) is 62.1 cm³/mol. The van der Waals surface area contributed by atoms with Crippen molar-refractivity contribution in [1.29, 1.82) is 0 Å². The van der Waals surface area contributed by atoms with E-state index in [0.717, 1.165) is 5.69 Å². The summed E-state index contributed by atoms with van der Waals surface area (Å²) in [6.07, 6.45) is 0.147. The molecular weight excluding hydrogens is 188 g/mol. The molecule has 15 heavy (non-hydrogen) atoms. The van der Waals surface area contributed by atoms with Gasteiger partial charge in [0, 0.05) is 18.0 Å². The molecule has 0 atom stereocenters. The number of rotatable bonds is 4. The Hall–Kier alpha value is -1.09. The zero-order chi connectivity index (χ0) is 11.5. The summed E-state index contributed by atoms with van der Waals surface area (Å²) in [5.74, 6) is 0.670. The number of nitrogens with zero attached hydrogens (tertiary/aromatic N) is 1. The molecule has 0 saturated heterocycles. The van der Waals surface area contributed by atoms with Gasteiger partial charge < -0.3 is 10.5 Å². The molecule has 0 aromatic carbocycles. The highest BCUT2D eigenvalue weighted by atomic mass is 16.5. The molecule has 0 fully saturated rings. The largest absolute Gasteiger partial charge is 0.475 e. The molecule has 1 rings (SSSR count). The highest BCUT2D eigenvalue weighted by Crippen LogP contribution is 2.21. The maximum atomic E-state index is 5.71. The van der Waals surface area contributed by atoms with E-state index < -0.39 is 0 Å². The van der Waals surface area contributed by atoms with Crippen molar-refractivity contribution in [3.63, 3.8) is 0 Å². The van der Waals surface area contributed by atoms with Gasteiger partial charge in [0.15, 0.2) is 0 Å². The summed E-state index contributed by atoms with van der Waals surface area (Å²) in [7, 11) is 0. The highest BCUT2D eigenvalue weighted by molar-refractivity contribution is 5.22. The van der Waals surface area contributed by atoms with Gasteiger partial charge in [-0.1, -0.05) is 19.9 Å². The van der Waals surface area contributed by atoms with Gasteiger partial charge in [0.05, 0.1) is 11.8 Å². The lowest BCUT2D eigenvalue weighted by molar-refractivity contribution is 0.231. The molecule has 0 bridgehead atoms. The van der Waals surface area contributed by atoms with E-state index in [2.05, 4.69) is 18.8 Å². The van der Waals surface area contributed by atoms with Crippen LogP contribution in [0.3, 0.4) is 0 Å². The zero-order valence-corrected chi connectivity index (χ0v) is 9.95. The summed E-state index contributed by atoms with van der Waals surface area (Å²) < 4.78 is 5.54. The second-order valence-electron chi connectivity index (χ2n) is 4.62. The monoisotopic (exact) mass is 208 g/mol. The van der Waals surface area contributed by atoms with Crippen LogP contribution in [0.25, 0.3) is 0 Å². The van der Waals surface area contributed by atoms with Crippen LogP contribution in [0, 0.1) is 0 Å². The molecule has 0 aliphatic heterocycles. The van der Waals surface area contributed by atoms with Crippen molar-refractivity contribution in [3.8, 4) is 5.88 Å². The van der Waals surface area contributed by atoms with Crippen LogP contribution in [-0.2, 0) is 5.41 Å². The molecule has 3 nitrogen and oxygen atoms in total.